The largest absolute Gasteiger partial charge is 0.350 e. The highest BCUT2D eigenvalue weighted by Gasteiger charge is 2.29. The molecule has 2 heterocycles. The number of benzene rings is 1. The Hall–Kier alpha value is -2.32. The summed E-state index contributed by atoms with van der Waals surface area (Å²) in [4.78, 5) is 36.2. The Bertz CT molecular complexity index is 807. The van der Waals surface area contributed by atoms with Crippen LogP contribution in [0.2, 0.25) is 5.02 Å². The van der Waals surface area contributed by atoms with E-state index in [-0.39, 0.29) is 35.9 Å². The van der Waals surface area contributed by atoms with Crippen molar-refractivity contribution in [3.63, 3.8) is 0 Å². The number of rotatable bonds is 6. The lowest BCUT2D eigenvalue weighted by molar-refractivity contribution is -0.124. The van der Waals surface area contributed by atoms with Gasteiger partial charge in [0.1, 0.15) is 0 Å². The first-order chi connectivity index (χ1) is 12.0. The second kappa shape index (κ2) is 7.71. The van der Waals surface area contributed by atoms with Crippen LogP contribution in [-0.2, 0) is 11.3 Å². The summed E-state index contributed by atoms with van der Waals surface area (Å²) in [6, 6.07) is 7.43. The molecule has 0 unspecified atom stereocenters. The van der Waals surface area contributed by atoms with Crippen molar-refractivity contribution < 1.29 is 14.4 Å². The molecule has 1 aliphatic heterocycles. The summed E-state index contributed by atoms with van der Waals surface area (Å²) in [7, 11) is 0. The fraction of sp³-hybridized carbons (Fsp3) is 0.250. The van der Waals surface area contributed by atoms with E-state index in [1.165, 1.54) is 6.20 Å². The molecular weight excluding hydrogens is 364 g/mol. The normalized spacial score (nSPS) is 14.2. The molecule has 1 saturated heterocycles. The van der Waals surface area contributed by atoms with Crippen LogP contribution in [0.1, 0.15) is 15.9 Å². The lowest BCUT2D eigenvalue weighted by Crippen LogP contribution is -2.37. The van der Waals surface area contributed by atoms with E-state index in [0.717, 1.165) is 22.2 Å². The third kappa shape index (κ3) is 4.21. The molecule has 0 spiro atoms. The molecule has 2 aromatic rings. The lowest BCUT2D eigenvalue weighted by Gasteiger charge is -2.12. The number of thioether (sulfide) groups is 1. The highest BCUT2D eigenvalue weighted by atomic mass is 35.5. The van der Waals surface area contributed by atoms with Crippen LogP contribution >= 0.6 is 23.4 Å². The molecule has 1 fully saturated rings. The number of imide groups is 1. The molecule has 0 bridgehead atoms. The van der Waals surface area contributed by atoms with Crippen LogP contribution in [0.4, 0.5) is 4.79 Å². The van der Waals surface area contributed by atoms with Gasteiger partial charge in [-0.1, -0.05) is 41.6 Å². The number of aromatic nitrogens is 2. The summed E-state index contributed by atoms with van der Waals surface area (Å²) in [5.41, 5.74) is 1.31. The molecule has 1 aromatic carbocycles. The zero-order valence-electron chi connectivity index (χ0n) is 13.1. The smallest absolute Gasteiger partial charge is 0.288 e. The Morgan fingerprint density at radius 1 is 1.32 bits per heavy atom. The molecule has 0 atom stereocenters. The van der Waals surface area contributed by atoms with Gasteiger partial charge in [-0.2, -0.15) is 5.10 Å². The van der Waals surface area contributed by atoms with Crippen molar-refractivity contribution in [3.05, 3.63) is 52.8 Å². The fourth-order valence-electron chi connectivity index (χ4n) is 2.35. The molecule has 0 saturated carbocycles. The minimum absolute atomic E-state index is 0.168. The number of nitrogens with zero attached hydrogens (tertiary/aromatic N) is 3. The standard InChI is InChI=1S/C16H15ClN4O3S/c17-13-4-2-1-3-11(13)8-20-9-12(7-19-20)15(23)18-5-6-21-14(22)10-25-16(21)24/h1-4,7,9H,5-6,8,10H2,(H,18,23). The number of carbonyl (C=O) groups excluding carboxylic acids is 3. The highest BCUT2D eigenvalue weighted by Crippen LogP contribution is 2.18. The Kier molecular flexibility index (Phi) is 5.40. The van der Waals surface area contributed by atoms with E-state index in [4.69, 9.17) is 11.6 Å². The third-order valence-corrected chi connectivity index (χ3v) is 4.87. The van der Waals surface area contributed by atoms with Gasteiger partial charge in [0.15, 0.2) is 0 Å². The monoisotopic (exact) mass is 378 g/mol. The first-order valence-corrected chi connectivity index (χ1v) is 8.92. The van der Waals surface area contributed by atoms with E-state index in [2.05, 4.69) is 10.4 Å². The van der Waals surface area contributed by atoms with Crippen molar-refractivity contribution >= 4 is 40.4 Å². The summed E-state index contributed by atoms with van der Waals surface area (Å²) in [6.07, 6.45) is 3.09. The molecule has 3 rings (SSSR count). The molecule has 1 aliphatic rings. The van der Waals surface area contributed by atoms with Gasteiger partial charge < -0.3 is 5.32 Å². The van der Waals surface area contributed by atoms with E-state index in [9.17, 15) is 14.4 Å². The van der Waals surface area contributed by atoms with Gasteiger partial charge in [-0.05, 0) is 11.6 Å². The number of hydrogen-bond donors (Lipinski definition) is 1. The summed E-state index contributed by atoms with van der Waals surface area (Å²) >= 11 is 7.09. The van der Waals surface area contributed by atoms with Crippen molar-refractivity contribution in [2.24, 2.45) is 0 Å². The number of hydrogen-bond acceptors (Lipinski definition) is 5. The average molecular weight is 379 g/mol. The zero-order chi connectivity index (χ0) is 17.8. The van der Waals surface area contributed by atoms with Gasteiger partial charge in [0.2, 0.25) is 5.91 Å². The molecule has 1 aromatic heterocycles. The topological polar surface area (TPSA) is 84.3 Å². The predicted octanol–water partition coefficient (Wildman–Crippen LogP) is 2.01. The molecule has 130 valence electrons. The van der Waals surface area contributed by atoms with Gasteiger partial charge in [0, 0.05) is 24.3 Å². The van der Waals surface area contributed by atoms with Crippen LogP contribution < -0.4 is 5.32 Å². The van der Waals surface area contributed by atoms with Crippen molar-refractivity contribution in [2.75, 3.05) is 18.8 Å². The molecule has 3 amide bonds. The van der Waals surface area contributed by atoms with Crippen molar-refractivity contribution in [1.29, 1.82) is 0 Å². The van der Waals surface area contributed by atoms with Gasteiger partial charge in [-0.25, -0.2) is 0 Å². The van der Waals surface area contributed by atoms with Gasteiger partial charge in [0.25, 0.3) is 11.1 Å². The van der Waals surface area contributed by atoms with E-state index in [1.807, 2.05) is 18.2 Å². The number of carbonyl (C=O) groups is 3. The quantitative estimate of drug-likeness (QED) is 0.831. The first kappa shape index (κ1) is 17.5. The second-order valence-electron chi connectivity index (χ2n) is 5.37. The Labute approximate surface area is 153 Å². The fourth-order valence-corrected chi connectivity index (χ4v) is 3.30. The first-order valence-electron chi connectivity index (χ1n) is 7.56. The SMILES string of the molecule is O=C(NCCN1C(=O)CSC1=O)c1cnn(Cc2ccccc2Cl)c1. The molecule has 0 radical (unpaired) electrons. The van der Waals surface area contributed by atoms with Gasteiger partial charge in [-0.15, -0.1) is 0 Å². The molecule has 0 aliphatic carbocycles. The summed E-state index contributed by atoms with van der Waals surface area (Å²) in [5.74, 6) is -0.365. The van der Waals surface area contributed by atoms with Crippen molar-refractivity contribution in [1.82, 2.24) is 20.0 Å². The van der Waals surface area contributed by atoms with E-state index in [1.54, 1.807) is 16.9 Å². The Morgan fingerprint density at radius 2 is 2.12 bits per heavy atom. The lowest BCUT2D eigenvalue weighted by atomic mass is 10.2. The second-order valence-corrected chi connectivity index (χ2v) is 6.71. The molecule has 7 nitrogen and oxygen atoms in total. The maximum absolute atomic E-state index is 12.1. The van der Waals surface area contributed by atoms with Crippen LogP contribution in [0.3, 0.4) is 0 Å². The number of amides is 3. The van der Waals surface area contributed by atoms with Crippen LogP contribution in [-0.4, -0.2) is 50.6 Å². The molecule has 1 N–H and O–H groups in total. The molecule has 25 heavy (non-hydrogen) atoms. The van der Waals surface area contributed by atoms with E-state index >= 15 is 0 Å². The Balaban J connectivity index is 1.53. The minimum Gasteiger partial charge on any atom is -0.350 e. The summed E-state index contributed by atoms with van der Waals surface area (Å²) in [6.45, 7) is 0.831. The van der Waals surface area contributed by atoms with Crippen molar-refractivity contribution in [2.45, 2.75) is 6.54 Å². The van der Waals surface area contributed by atoms with Crippen LogP contribution in [0.25, 0.3) is 0 Å². The van der Waals surface area contributed by atoms with E-state index < -0.39 is 0 Å². The number of halogens is 1. The van der Waals surface area contributed by atoms with Crippen molar-refractivity contribution in [3.8, 4) is 0 Å². The maximum Gasteiger partial charge on any atom is 0.288 e. The van der Waals surface area contributed by atoms with Gasteiger partial charge in [0.05, 0.1) is 24.1 Å². The summed E-state index contributed by atoms with van der Waals surface area (Å²) < 4.78 is 1.63. The third-order valence-electron chi connectivity index (χ3n) is 3.65. The molecule has 9 heteroatoms. The van der Waals surface area contributed by atoms with Gasteiger partial charge >= 0.3 is 0 Å². The minimum atomic E-state index is -0.308. The van der Waals surface area contributed by atoms with Gasteiger partial charge in [-0.3, -0.25) is 24.0 Å². The average Bonchev–Trinajstić information content (AvgIpc) is 3.18. The Morgan fingerprint density at radius 3 is 2.84 bits per heavy atom. The van der Waals surface area contributed by atoms with Crippen LogP contribution in [0, 0.1) is 0 Å². The maximum atomic E-state index is 12.1. The number of nitrogens with one attached hydrogen (secondary N) is 1. The van der Waals surface area contributed by atoms with Crippen LogP contribution in [0.15, 0.2) is 36.7 Å². The summed E-state index contributed by atoms with van der Waals surface area (Å²) in [5, 5.41) is 7.21. The molecular formula is C16H15ClN4O3S. The van der Waals surface area contributed by atoms with E-state index in [0.29, 0.717) is 17.1 Å². The highest BCUT2D eigenvalue weighted by molar-refractivity contribution is 8.14. The predicted molar refractivity (Wildman–Crippen MR) is 94.7 cm³/mol. The van der Waals surface area contributed by atoms with Crippen LogP contribution in [0.5, 0.6) is 0 Å². The zero-order valence-corrected chi connectivity index (χ0v) is 14.7.